The molecule has 0 aliphatic heterocycles. The topological polar surface area (TPSA) is 67.6 Å². The Kier molecular flexibility index (Phi) is 4.49. The largest absolute Gasteiger partial charge is 0.399 e. The van der Waals surface area contributed by atoms with Crippen LogP contribution in [0.3, 0.4) is 0 Å². The predicted molar refractivity (Wildman–Crippen MR) is 88.5 cm³/mol. The number of nitrogens with zero attached hydrogens (tertiary/aromatic N) is 2. The second-order valence-electron chi connectivity index (χ2n) is 5.46. The van der Waals surface area contributed by atoms with Gasteiger partial charge in [-0.3, -0.25) is 5.10 Å². The molecule has 0 aliphatic rings. The first kappa shape index (κ1) is 14.3. The molecule has 112 valence electrons. The van der Waals surface area contributed by atoms with E-state index in [4.69, 9.17) is 5.73 Å². The number of aromatic amines is 1. The zero-order valence-electron chi connectivity index (χ0n) is 12.5. The number of anilines is 1. The maximum Gasteiger partial charge on any atom is 0.150 e. The van der Waals surface area contributed by atoms with Crippen molar-refractivity contribution in [1.29, 1.82) is 0 Å². The average Bonchev–Trinajstić information content (AvgIpc) is 2.98. The third-order valence-corrected chi connectivity index (χ3v) is 3.64. The van der Waals surface area contributed by atoms with Gasteiger partial charge in [0, 0.05) is 18.5 Å². The molecule has 0 unspecified atom stereocenters. The molecule has 0 radical (unpaired) electrons. The molecule has 3 aromatic rings. The van der Waals surface area contributed by atoms with Crippen LogP contribution in [0.5, 0.6) is 0 Å². The van der Waals surface area contributed by atoms with E-state index in [0.717, 1.165) is 43.0 Å². The van der Waals surface area contributed by atoms with Gasteiger partial charge in [0.05, 0.1) is 0 Å². The van der Waals surface area contributed by atoms with E-state index in [1.165, 1.54) is 11.1 Å². The molecule has 0 amide bonds. The smallest absolute Gasteiger partial charge is 0.150 e. The van der Waals surface area contributed by atoms with Crippen molar-refractivity contribution < 1.29 is 0 Å². The number of hydrogen-bond donors (Lipinski definition) is 2. The molecular weight excluding hydrogens is 272 g/mol. The number of nitrogens with two attached hydrogens (primary N) is 1. The van der Waals surface area contributed by atoms with E-state index in [2.05, 4.69) is 39.4 Å². The lowest BCUT2D eigenvalue weighted by atomic mass is 10.1. The number of aryl methyl sites for hydroxylation is 2. The van der Waals surface area contributed by atoms with E-state index in [1.807, 2.05) is 30.3 Å². The van der Waals surface area contributed by atoms with Crippen molar-refractivity contribution in [2.75, 3.05) is 5.73 Å². The van der Waals surface area contributed by atoms with Crippen molar-refractivity contribution in [3.63, 3.8) is 0 Å². The van der Waals surface area contributed by atoms with E-state index >= 15 is 0 Å². The minimum atomic E-state index is 0.756. The fourth-order valence-corrected chi connectivity index (χ4v) is 2.45. The molecule has 1 heterocycles. The first-order valence-corrected chi connectivity index (χ1v) is 7.58. The van der Waals surface area contributed by atoms with Crippen molar-refractivity contribution in [2.24, 2.45) is 0 Å². The Bertz CT molecular complexity index is 701. The molecule has 2 aromatic carbocycles. The summed E-state index contributed by atoms with van der Waals surface area (Å²) >= 11 is 0. The fraction of sp³-hybridized carbons (Fsp3) is 0.222. The van der Waals surface area contributed by atoms with E-state index in [1.54, 1.807) is 0 Å². The number of nitrogen functional groups attached to an aromatic ring is 1. The predicted octanol–water partition coefficient (Wildman–Crippen LogP) is 3.15. The average molecular weight is 292 g/mol. The standard InChI is InChI=1S/C18H20N4/c19-16-11-9-15(10-12-16)13-18-20-17(21-22-18)8-4-7-14-5-2-1-3-6-14/h1-3,5-6,9-12H,4,7-8,13,19H2,(H,20,21,22). The summed E-state index contributed by atoms with van der Waals surface area (Å²) in [6.45, 7) is 0. The number of hydrogen-bond acceptors (Lipinski definition) is 3. The monoisotopic (exact) mass is 292 g/mol. The zero-order chi connectivity index (χ0) is 15.2. The van der Waals surface area contributed by atoms with Crippen LogP contribution in [0.4, 0.5) is 5.69 Å². The summed E-state index contributed by atoms with van der Waals surface area (Å²) in [4.78, 5) is 4.56. The number of aromatic nitrogens is 3. The van der Waals surface area contributed by atoms with Gasteiger partial charge in [-0.05, 0) is 36.1 Å². The first-order chi connectivity index (χ1) is 10.8. The van der Waals surface area contributed by atoms with Gasteiger partial charge in [0.1, 0.15) is 5.82 Å². The summed E-state index contributed by atoms with van der Waals surface area (Å²) in [5.41, 5.74) is 9.01. The number of H-pyrrole nitrogens is 1. The molecular formula is C18H20N4. The second-order valence-corrected chi connectivity index (χ2v) is 5.46. The van der Waals surface area contributed by atoms with Crippen LogP contribution in [0.15, 0.2) is 54.6 Å². The molecule has 0 fully saturated rings. The van der Waals surface area contributed by atoms with E-state index in [-0.39, 0.29) is 0 Å². The zero-order valence-corrected chi connectivity index (χ0v) is 12.5. The van der Waals surface area contributed by atoms with Crippen LogP contribution in [0, 0.1) is 0 Å². The molecule has 4 nitrogen and oxygen atoms in total. The SMILES string of the molecule is Nc1ccc(Cc2nc(CCCc3ccccc3)n[nH]2)cc1. The molecule has 4 heteroatoms. The highest BCUT2D eigenvalue weighted by atomic mass is 15.2. The Morgan fingerprint density at radius 2 is 1.64 bits per heavy atom. The van der Waals surface area contributed by atoms with Crippen LogP contribution in [0.2, 0.25) is 0 Å². The Labute approximate surface area is 130 Å². The lowest BCUT2D eigenvalue weighted by Crippen LogP contribution is -1.94. The van der Waals surface area contributed by atoms with Crippen LogP contribution in [-0.4, -0.2) is 15.2 Å². The van der Waals surface area contributed by atoms with Crippen molar-refractivity contribution in [3.8, 4) is 0 Å². The lowest BCUT2D eigenvalue weighted by Gasteiger charge is -1.99. The van der Waals surface area contributed by atoms with Crippen LogP contribution in [0.25, 0.3) is 0 Å². The van der Waals surface area contributed by atoms with Crippen LogP contribution in [-0.2, 0) is 19.3 Å². The van der Waals surface area contributed by atoms with Gasteiger partial charge in [-0.1, -0.05) is 42.5 Å². The van der Waals surface area contributed by atoms with Crippen molar-refractivity contribution >= 4 is 5.69 Å². The van der Waals surface area contributed by atoms with E-state index in [0.29, 0.717) is 0 Å². The minimum absolute atomic E-state index is 0.756. The lowest BCUT2D eigenvalue weighted by molar-refractivity contribution is 0.774. The van der Waals surface area contributed by atoms with Crippen LogP contribution >= 0.6 is 0 Å². The molecule has 0 saturated carbocycles. The molecule has 1 aromatic heterocycles. The molecule has 3 N–H and O–H groups in total. The third-order valence-electron chi connectivity index (χ3n) is 3.64. The maximum atomic E-state index is 5.69. The van der Waals surface area contributed by atoms with Crippen molar-refractivity contribution in [2.45, 2.75) is 25.7 Å². The van der Waals surface area contributed by atoms with Gasteiger partial charge < -0.3 is 5.73 Å². The second kappa shape index (κ2) is 6.89. The fourth-order valence-electron chi connectivity index (χ4n) is 2.45. The van der Waals surface area contributed by atoms with Gasteiger partial charge in [-0.15, -0.1) is 0 Å². The highest BCUT2D eigenvalue weighted by Gasteiger charge is 2.04. The van der Waals surface area contributed by atoms with Gasteiger partial charge >= 0.3 is 0 Å². The van der Waals surface area contributed by atoms with Gasteiger partial charge in [0.25, 0.3) is 0 Å². The molecule has 0 aliphatic carbocycles. The number of benzene rings is 2. The van der Waals surface area contributed by atoms with Gasteiger partial charge in [0.15, 0.2) is 5.82 Å². The van der Waals surface area contributed by atoms with E-state index < -0.39 is 0 Å². The van der Waals surface area contributed by atoms with Crippen molar-refractivity contribution in [3.05, 3.63) is 77.4 Å². The molecule has 0 saturated heterocycles. The molecule has 0 atom stereocenters. The van der Waals surface area contributed by atoms with Gasteiger partial charge in [-0.2, -0.15) is 5.10 Å². The highest BCUT2D eigenvalue weighted by molar-refractivity contribution is 5.39. The normalized spacial score (nSPS) is 10.7. The van der Waals surface area contributed by atoms with Gasteiger partial charge in [0.2, 0.25) is 0 Å². The van der Waals surface area contributed by atoms with Gasteiger partial charge in [-0.25, -0.2) is 4.98 Å². The Hall–Kier alpha value is -2.62. The summed E-state index contributed by atoms with van der Waals surface area (Å²) < 4.78 is 0. The summed E-state index contributed by atoms with van der Waals surface area (Å²) in [6.07, 6.45) is 3.77. The molecule has 22 heavy (non-hydrogen) atoms. The Morgan fingerprint density at radius 1 is 0.864 bits per heavy atom. The summed E-state index contributed by atoms with van der Waals surface area (Å²) in [5, 5.41) is 7.33. The minimum Gasteiger partial charge on any atom is -0.399 e. The summed E-state index contributed by atoms with van der Waals surface area (Å²) in [7, 11) is 0. The summed E-state index contributed by atoms with van der Waals surface area (Å²) in [5.74, 6) is 1.79. The highest BCUT2D eigenvalue weighted by Crippen LogP contribution is 2.10. The molecule has 0 bridgehead atoms. The third kappa shape index (κ3) is 3.95. The number of rotatable bonds is 6. The maximum absolute atomic E-state index is 5.69. The Morgan fingerprint density at radius 3 is 2.41 bits per heavy atom. The van der Waals surface area contributed by atoms with Crippen LogP contribution < -0.4 is 5.73 Å². The van der Waals surface area contributed by atoms with Crippen LogP contribution in [0.1, 0.15) is 29.2 Å². The number of nitrogens with one attached hydrogen (secondary N) is 1. The molecule has 3 rings (SSSR count). The summed E-state index contributed by atoms with van der Waals surface area (Å²) in [6, 6.07) is 18.4. The first-order valence-electron chi connectivity index (χ1n) is 7.58. The quantitative estimate of drug-likeness (QED) is 0.686. The Balaban J connectivity index is 1.51. The van der Waals surface area contributed by atoms with E-state index in [9.17, 15) is 0 Å². The molecule has 0 spiro atoms. The van der Waals surface area contributed by atoms with Crippen molar-refractivity contribution in [1.82, 2.24) is 15.2 Å².